The van der Waals surface area contributed by atoms with Gasteiger partial charge in [0.05, 0.1) is 22.4 Å². The second-order valence-corrected chi connectivity index (χ2v) is 8.21. The Morgan fingerprint density at radius 1 is 1.07 bits per heavy atom. The molecular weight excluding hydrogens is 379 g/mol. The zero-order chi connectivity index (χ0) is 20.8. The molecule has 1 aliphatic heterocycles. The number of benzene rings is 1. The standard InChI is InChI=1S/C23H25FN6/c1-4-30-7-5-15(6-8-30)20-12-17-18(24)10-16(11-21(17)29-28-20)19-9-13(2)22-23(27-19)26-14(3)25-22/h9-12,15H,4-8H2,1-3H3,(H,25,26,27). The Balaban J connectivity index is 1.52. The molecule has 0 atom stereocenters. The molecule has 0 aliphatic carbocycles. The average Bonchev–Trinajstić information content (AvgIpc) is 3.14. The van der Waals surface area contributed by atoms with E-state index in [0.717, 1.165) is 55.1 Å². The number of nitrogens with one attached hydrogen (secondary N) is 1. The Morgan fingerprint density at radius 2 is 1.87 bits per heavy atom. The summed E-state index contributed by atoms with van der Waals surface area (Å²) in [6, 6.07) is 7.24. The Hall–Kier alpha value is -2.93. The van der Waals surface area contributed by atoms with Crippen molar-refractivity contribution in [1.29, 1.82) is 0 Å². The highest BCUT2D eigenvalue weighted by Crippen LogP contribution is 2.31. The number of aryl methyl sites for hydroxylation is 2. The van der Waals surface area contributed by atoms with Gasteiger partial charge in [0.15, 0.2) is 5.65 Å². The summed E-state index contributed by atoms with van der Waals surface area (Å²) in [7, 11) is 0. The minimum absolute atomic E-state index is 0.289. The fourth-order valence-corrected chi connectivity index (χ4v) is 4.42. The number of aromatic nitrogens is 5. The van der Waals surface area contributed by atoms with E-state index in [1.165, 1.54) is 0 Å². The second-order valence-electron chi connectivity index (χ2n) is 8.21. The van der Waals surface area contributed by atoms with Crippen molar-refractivity contribution in [1.82, 2.24) is 30.0 Å². The highest BCUT2D eigenvalue weighted by Gasteiger charge is 2.22. The molecule has 4 heterocycles. The van der Waals surface area contributed by atoms with Crippen LogP contribution in [0, 0.1) is 19.7 Å². The van der Waals surface area contributed by atoms with E-state index < -0.39 is 0 Å². The van der Waals surface area contributed by atoms with Gasteiger partial charge in [-0.1, -0.05) is 6.92 Å². The molecule has 0 radical (unpaired) electrons. The number of likely N-dealkylation sites (tertiary alicyclic amines) is 1. The van der Waals surface area contributed by atoms with Crippen LogP contribution in [0.1, 0.15) is 42.8 Å². The molecular formula is C23H25FN6. The fraction of sp³-hybridized carbons (Fsp3) is 0.391. The molecule has 0 unspecified atom stereocenters. The molecule has 154 valence electrons. The monoisotopic (exact) mass is 404 g/mol. The van der Waals surface area contributed by atoms with Gasteiger partial charge in [0.2, 0.25) is 0 Å². The van der Waals surface area contributed by atoms with E-state index in [4.69, 9.17) is 0 Å². The van der Waals surface area contributed by atoms with E-state index in [9.17, 15) is 0 Å². The summed E-state index contributed by atoms with van der Waals surface area (Å²) in [5, 5.41) is 9.36. The van der Waals surface area contributed by atoms with Crippen LogP contribution in [0.5, 0.6) is 0 Å². The van der Waals surface area contributed by atoms with Crippen LogP contribution in [0.2, 0.25) is 0 Å². The third-order valence-electron chi connectivity index (χ3n) is 6.20. The SMILES string of the molecule is CCN1CCC(c2cc3c(F)cc(-c4cc(C)c5[nH]c(C)nc5n4)cc3nn2)CC1. The molecule has 4 aromatic rings. The van der Waals surface area contributed by atoms with Crippen molar-refractivity contribution in [3.8, 4) is 11.3 Å². The van der Waals surface area contributed by atoms with E-state index in [-0.39, 0.29) is 5.82 Å². The minimum atomic E-state index is -0.289. The molecule has 1 saturated heterocycles. The molecule has 3 aromatic heterocycles. The first-order valence-electron chi connectivity index (χ1n) is 10.6. The largest absolute Gasteiger partial charge is 0.341 e. The van der Waals surface area contributed by atoms with Gasteiger partial charge in [0.1, 0.15) is 11.6 Å². The van der Waals surface area contributed by atoms with Crippen LogP contribution in [0.3, 0.4) is 0 Å². The third-order valence-corrected chi connectivity index (χ3v) is 6.20. The molecule has 30 heavy (non-hydrogen) atoms. The number of hydrogen-bond acceptors (Lipinski definition) is 5. The van der Waals surface area contributed by atoms with Crippen LogP contribution >= 0.6 is 0 Å². The lowest BCUT2D eigenvalue weighted by molar-refractivity contribution is 0.220. The number of piperidine rings is 1. The number of pyridine rings is 1. The summed E-state index contributed by atoms with van der Waals surface area (Å²) >= 11 is 0. The molecule has 0 amide bonds. The zero-order valence-electron chi connectivity index (χ0n) is 17.5. The van der Waals surface area contributed by atoms with E-state index >= 15 is 4.39 Å². The average molecular weight is 404 g/mol. The van der Waals surface area contributed by atoms with Crippen LogP contribution in [-0.4, -0.2) is 49.7 Å². The second kappa shape index (κ2) is 7.40. The van der Waals surface area contributed by atoms with Gasteiger partial charge >= 0.3 is 0 Å². The predicted octanol–water partition coefficient (Wildman–Crippen LogP) is 4.52. The van der Waals surface area contributed by atoms with Crippen molar-refractivity contribution in [2.45, 2.75) is 39.5 Å². The predicted molar refractivity (Wildman–Crippen MR) is 116 cm³/mol. The smallest absolute Gasteiger partial charge is 0.178 e. The Bertz CT molecular complexity index is 1240. The van der Waals surface area contributed by atoms with Gasteiger partial charge in [-0.05, 0) is 76.2 Å². The summed E-state index contributed by atoms with van der Waals surface area (Å²) in [6.07, 6.45) is 2.08. The summed E-state index contributed by atoms with van der Waals surface area (Å²) in [6.45, 7) is 9.27. The highest BCUT2D eigenvalue weighted by atomic mass is 19.1. The van der Waals surface area contributed by atoms with Crippen molar-refractivity contribution in [3.05, 3.63) is 47.2 Å². The van der Waals surface area contributed by atoms with Gasteiger partial charge < -0.3 is 9.88 Å². The minimum Gasteiger partial charge on any atom is -0.341 e. The van der Waals surface area contributed by atoms with Crippen LogP contribution in [0.15, 0.2) is 24.3 Å². The van der Waals surface area contributed by atoms with Crippen molar-refractivity contribution in [2.24, 2.45) is 0 Å². The number of nitrogens with zero attached hydrogens (tertiary/aromatic N) is 5. The van der Waals surface area contributed by atoms with Crippen molar-refractivity contribution >= 4 is 22.1 Å². The summed E-state index contributed by atoms with van der Waals surface area (Å²) in [4.78, 5) is 14.7. The van der Waals surface area contributed by atoms with Gasteiger partial charge in [-0.15, -0.1) is 0 Å². The lowest BCUT2D eigenvalue weighted by Crippen LogP contribution is -2.32. The molecule has 0 spiro atoms. The lowest BCUT2D eigenvalue weighted by atomic mass is 9.92. The van der Waals surface area contributed by atoms with Gasteiger partial charge in [0.25, 0.3) is 0 Å². The summed E-state index contributed by atoms with van der Waals surface area (Å²) in [5.74, 6) is 0.867. The number of halogens is 1. The van der Waals surface area contributed by atoms with Crippen LogP contribution in [0.4, 0.5) is 4.39 Å². The topological polar surface area (TPSA) is 70.6 Å². The van der Waals surface area contributed by atoms with Gasteiger partial charge in [-0.2, -0.15) is 10.2 Å². The van der Waals surface area contributed by atoms with Crippen LogP contribution in [0.25, 0.3) is 33.3 Å². The summed E-state index contributed by atoms with van der Waals surface area (Å²) in [5.41, 5.74) is 5.40. The molecule has 7 heteroatoms. The lowest BCUT2D eigenvalue weighted by Gasteiger charge is -2.30. The van der Waals surface area contributed by atoms with Crippen molar-refractivity contribution in [2.75, 3.05) is 19.6 Å². The van der Waals surface area contributed by atoms with E-state index in [1.807, 2.05) is 32.0 Å². The van der Waals surface area contributed by atoms with Crippen LogP contribution < -0.4 is 0 Å². The Labute approximate surface area is 174 Å². The molecule has 5 rings (SSSR count). The van der Waals surface area contributed by atoms with Gasteiger partial charge in [0, 0.05) is 16.9 Å². The maximum atomic E-state index is 15.1. The first-order valence-corrected chi connectivity index (χ1v) is 10.6. The molecule has 1 N–H and O–H groups in total. The molecule has 6 nitrogen and oxygen atoms in total. The van der Waals surface area contributed by atoms with Gasteiger partial charge in [-0.25, -0.2) is 14.4 Å². The zero-order valence-corrected chi connectivity index (χ0v) is 17.5. The number of aromatic amines is 1. The Kier molecular flexibility index (Phi) is 4.70. The van der Waals surface area contributed by atoms with Crippen molar-refractivity contribution < 1.29 is 4.39 Å². The highest BCUT2D eigenvalue weighted by molar-refractivity contribution is 5.86. The maximum Gasteiger partial charge on any atom is 0.178 e. The van der Waals surface area contributed by atoms with Crippen LogP contribution in [-0.2, 0) is 0 Å². The number of imidazole rings is 1. The van der Waals surface area contributed by atoms with Gasteiger partial charge in [-0.3, -0.25) is 0 Å². The molecule has 1 aliphatic rings. The van der Waals surface area contributed by atoms with E-state index in [0.29, 0.717) is 33.7 Å². The number of fused-ring (bicyclic) bond motifs is 2. The first kappa shape index (κ1) is 19.1. The number of hydrogen-bond donors (Lipinski definition) is 1. The summed E-state index contributed by atoms with van der Waals surface area (Å²) < 4.78 is 15.1. The maximum absolute atomic E-state index is 15.1. The first-order chi connectivity index (χ1) is 14.5. The number of H-pyrrole nitrogens is 1. The fourth-order valence-electron chi connectivity index (χ4n) is 4.42. The Morgan fingerprint density at radius 3 is 2.63 bits per heavy atom. The molecule has 1 fully saturated rings. The quantitative estimate of drug-likeness (QED) is 0.543. The molecule has 0 saturated carbocycles. The third kappa shape index (κ3) is 3.33. The van der Waals surface area contributed by atoms with E-state index in [2.05, 4.69) is 37.0 Å². The van der Waals surface area contributed by atoms with E-state index in [1.54, 1.807) is 6.07 Å². The molecule has 0 bridgehead atoms. The molecule has 1 aromatic carbocycles. The normalized spacial score (nSPS) is 16.0. The number of rotatable bonds is 3. The van der Waals surface area contributed by atoms with Crippen molar-refractivity contribution in [3.63, 3.8) is 0 Å².